The van der Waals surface area contributed by atoms with Gasteiger partial charge in [0.25, 0.3) is 0 Å². The van der Waals surface area contributed by atoms with Crippen LogP contribution in [0.2, 0.25) is 0 Å². The molecule has 0 unspecified atom stereocenters. The van der Waals surface area contributed by atoms with Crippen LogP contribution in [0.1, 0.15) is 27.9 Å². The first-order valence-corrected chi connectivity index (χ1v) is 5.06. The summed E-state index contributed by atoms with van der Waals surface area (Å²) in [7, 11) is 0. The third kappa shape index (κ3) is 2.93. The number of hydrogen-bond acceptors (Lipinski definition) is 2. The average molecular weight is 204 g/mol. The zero-order chi connectivity index (χ0) is 10.4. The Hall–Kier alpha value is -1.20. The molecule has 14 heavy (non-hydrogen) atoms. The van der Waals surface area contributed by atoms with Crippen molar-refractivity contribution in [3.8, 4) is 11.8 Å². The van der Waals surface area contributed by atoms with E-state index in [1.165, 1.54) is 0 Å². The molecule has 0 saturated carbocycles. The van der Waals surface area contributed by atoms with Gasteiger partial charge in [-0.2, -0.15) is 12.6 Å². The minimum atomic E-state index is 0.672. The van der Waals surface area contributed by atoms with Crippen molar-refractivity contribution in [1.29, 1.82) is 0 Å². The molecule has 0 aliphatic rings. The summed E-state index contributed by atoms with van der Waals surface area (Å²) in [5, 5.41) is 0. The molecule has 0 saturated heterocycles. The number of aryl methyl sites for hydroxylation is 1. The van der Waals surface area contributed by atoms with E-state index >= 15 is 0 Å². The SMILES string of the molecule is Cc1ccc(C=O)cc1C#CCCS. The van der Waals surface area contributed by atoms with Crippen LogP contribution in [-0.2, 0) is 0 Å². The molecule has 0 radical (unpaired) electrons. The summed E-state index contributed by atoms with van der Waals surface area (Å²) in [4.78, 5) is 10.5. The summed E-state index contributed by atoms with van der Waals surface area (Å²) in [6, 6.07) is 5.52. The molecule has 72 valence electrons. The first kappa shape index (κ1) is 10.9. The van der Waals surface area contributed by atoms with Crippen LogP contribution >= 0.6 is 12.6 Å². The molecule has 0 bridgehead atoms. The van der Waals surface area contributed by atoms with E-state index in [-0.39, 0.29) is 0 Å². The van der Waals surface area contributed by atoms with E-state index in [0.29, 0.717) is 5.56 Å². The van der Waals surface area contributed by atoms with Crippen LogP contribution in [0.15, 0.2) is 18.2 Å². The van der Waals surface area contributed by atoms with E-state index in [0.717, 1.165) is 29.6 Å². The Morgan fingerprint density at radius 3 is 2.93 bits per heavy atom. The molecule has 0 aliphatic heterocycles. The first-order valence-electron chi connectivity index (χ1n) is 4.43. The lowest BCUT2D eigenvalue weighted by molar-refractivity contribution is 0.112. The Labute approximate surface area is 89.9 Å². The molecule has 0 spiro atoms. The lowest BCUT2D eigenvalue weighted by atomic mass is 10.1. The minimum Gasteiger partial charge on any atom is -0.298 e. The molecule has 1 aromatic carbocycles. The second-order valence-electron chi connectivity index (χ2n) is 2.97. The van der Waals surface area contributed by atoms with Crippen molar-refractivity contribution in [3.63, 3.8) is 0 Å². The Morgan fingerprint density at radius 2 is 2.29 bits per heavy atom. The molecule has 0 atom stereocenters. The van der Waals surface area contributed by atoms with Crippen molar-refractivity contribution in [3.05, 3.63) is 34.9 Å². The zero-order valence-corrected chi connectivity index (χ0v) is 8.97. The van der Waals surface area contributed by atoms with Crippen LogP contribution < -0.4 is 0 Å². The number of thiol groups is 1. The highest BCUT2D eigenvalue weighted by Gasteiger charge is 1.95. The Balaban J connectivity index is 2.96. The Kier molecular flexibility index (Phi) is 4.28. The molecule has 0 fully saturated rings. The summed E-state index contributed by atoms with van der Waals surface area (Å²) < 4.78 is 0. The third-order valence-electron chi connectivity index (χ3n) is 1.86. The van der Waals surface area contributed by atoms with E-state index in [4.69, 9.17) is 0 Å². The maximum atomic E-state index is 10.5. The van der Waals surface area contributed by atoms with Crippen LogP contribution in [-0.4, -0.2) is 12.0 Å². The van der Waals surface area contributed by atoms with Gasteiger partial charge >= 0.3 is 0 Å². The second kappa shape index (κ2) is 5.51. The van der Waals surface area contributed by atoms with Gasteiger partial charge in [-0.1, -0.05) is 24.0 Å². The number of aldehydes is 1. The van der Waals surface area contributed by atoms with Crippen molar-refractivity contribution in [2.24, 2.45) is 0 Å². The lowest BCUT2D eigenvalue weighted by Crippen LogP contribution is -1.86. The van der Waals surface area contributed by atoms with Crippen LogP contribution in [0.5, 0.6) is 0 Å². The predicted molar refractivity (Wildman–Crippen MR) is 61.9 cm³/mol. The maximum Gasteiger partial charge on any atom is 0.150 e. The van der Waals surface area contributed by atoms with Crippen molar-refractivity contribution in [2.45, 2.75) is 13.3 Å². The summed E-state index contributed by atoms with van der Waals surface area (Å²) in [6.07, 6.45) is 1.61. The van der Waals surface area contributed by atoms with Gasteiger partial charge in [-0.05, 0) is 18.6 Å². The molecule has 1 rings (SSSR count). The van der Waals surface area contributed by atoms with Crippen molar-refractivity contribution >= 4 is 18.9 Å². The standard InChI is InChI=1S/C12H12OS/c1-10-5-6-11(9-13)8-12(10)4-2-3-7-14/h5-6,8-9,14H,3,7H2,1H3. The number of hydrogen-bond donors (Lipinski definition) is 1. The largest absolute Gasteiger partial charge is 0.298 e. The number of carbonyl (C=O) groups excluding carboxylic acids is 1. The molecule has 0 aromatic heterocycles. The summed E-state index contributed by atoms with van der Waals surface area (Å²) >= 11 is 4.07. The quantitative estimate of drug-likeness (QED) is 0.445. The number of carbonyl (C=O) groups is 1. The molecule has 1 aromatic rings. The summed E-state index contributed by atoms with van der Waals surface area (Å²) in [6.45, 7) is 1.99. The molecule has 2 heteroatoms. The topological polar surface area (TPSA) is 17.1 Å². The zero-order valence-electron chi connectivity index (χ0n) is 8.08. The molecular weight excluding hydrogens is 192 g/mol. The molecule has 1 nitrogen and oxygen atoms in total. The molecule has 0 amide bonds. The van der Waals surface area contributed by atoms with Crippen molar-refractivity contribution in [1.82, 2.24) is 0 Å². The highest BCUT2D eigenvalue weighted by molar-refractivity contribution is 7.80. The van der Waals surface area contributed by atoms with Gasteiger partial charge in [0.2, 0.25) is 0 Å². The minimum absolute atomic E-state index is 0.672. The predicted octanol–water partition coefficient (Wildman–Crippen LogP) is 2.48. The number of rotatable bonds is 2. The van der Waals surface area contributed by atoms with Crippen LogP contribution in [0.3, 0.4) is 0 Å². The maximum absolute atomic E-state index is 10.5. The van der Waals surface area contributed by atoms with Gasteiger partial charge in [0.05, 0.1) is 0 Å². The fraction of sp³-hybridized carbons (Fsp3) is 0.250. The molecule has 0 N–H and O–H groups in total. The Bertz CT molecular complexity index is 385. The van der Waals surface area contributed by atoms with Gasteiger partial charge in [0.1, 0.15) is 6.29 Å². The Morgan fingerprint density at radius 1 is 1.50 bits per heavy atom. The highest BCUT2D eigenvalue weighted by atomic mass is 32.1. The monoisotopic (exact) mass is 204 g/mol. The second-order valence-corrected chi connectivity index (χ2v) is 3.41. The van der Waals surface area contributed by atoms with E-state index < -0.39 is 0 Å². The first-order chi connectivity index (χ1) is 6.77. The molecular formula is C12H12OS. The summed E-state index contributed by atoms with van der Waals surface area (Å²) in [5.41, 5.74) is 2.70. The van der Waals surface area contributed by atoms with E-state index in [1.54, 1.807) is 6.07 Å². The fourth-order valence-electron chi connectivity index (χ4n) is 1.06. The van der Waals surface area contributed by atoms with Gasteiger partial charge in [0, 0.05) is 23.3 Å². The molecule has 0 heterocycles. The van der Waals surface area contributed by atoms with E-state index in [9.17, 15) is 4.79 Å². The molecule has 0 aliphatic carbocycles. The smallest absolute Gasteiger partial charge is 0.150 e. The van der Waals surface area contributed by atoms with E-state index in [1.807, 2.05) is 19.1 Å². The van der Waals surface area contributed by atoms with Gasteiger partial charge < -0.3 is 0 Å². The van der Waals surface area contributed by atoms with Gasteiger partial charge in [-0.3, -0.25) is 4.79 Å². The van der Waals surface area contributed by atoms with Crippen LogP contribution in [0.25, 0.3) is 0 Å². The summed E-state index contributed by atoms with van der Waals surface area (Å²) in [5.74, 6) is 6.80. The fourth-order valence-corrected chi connectivity index (χ4v) is 1.17. The van der Waals surface area contributed by atoms with E-state index in [2.05, 4.69) is 24.5 Å². The number of benzene rings is 1. The van der Waals surface area contributed by atoms with Crippen LogP contribution in [0.4, 0.5) is 0 Å². The normalized spacial score (nSPS) is 9.00. The third-order valence-corrected chi connectivity index (χ3v) is 2.08. The van der Waals surface area contributed by atoms with Crippen molar-refractivity contribution < 1.29 is 4.79 Å². The lowest BCUT2D eigenvalue weighted by Gasteiger charge is -1.97. The van der Waals surface area contributed by atoms with Gasteiger partial charge in [-0.25, -0.2) is 0 Å². The van der Waals surface area contributed by atoms with Crippen LogP contribution in [0, 0.1) is 18.8 Å². The van der Waals surface area contributed by atoms with Gasteiger partial charge in [0.15, 0.2) is 0 Å². The van der Waals surface area contributed by atoms with Gasteiger partial charge in [-0.15, -0.1) is 0 Å². The van der Waals surface area contributed by atoms with Crippen molar-refractivity contribution in [2.75, 3.05) is 5.75 Å². The average Bonchev–Trinajstić information content (AvgIpc) is 2.21. The highest BCUT2D eigenvalue weighted by Crippen LogP contribution is 2.08.